The maximum Gasteiger partial charge on any atom is 0.416 e. The minimum Gasteiger partial charge on any atom is -0.421 e. The van der Waals surface area contributed by atoms with Crippen LogP contribution in [0.25, 0.3) is 32.8 Å². The van der Waals surface area contributed by atoms with Crippen molar-refractivity contribution in [2.75, 3.05) is 0 Å². The van der Waals surface area contributed by atoms with Gasteiger partial charge in [0, 0.05) is 37.0 Å². The Labute approximate surface area is 281 Å². The van der Waals surface area contributed by atoms with Crippen LogP contribution < -0.4 is 10.2 Å². The smallest absolute Gasteiger partial charge is 0.416 e. The van der Waals surface area contributed by atoms with Crippen molar-refractivity contribution < 1.29 is 27.5 Å². The quantitative estimate of drug-likeness (QED) is 0.0766. The summed E-state index contributed by atoms with van der Waals surface area (Å²) < 4.78 is 46.0. The van der Waals surface area contributed by atoms with Crippen LogP contribution >= 0.6 is 43.5 Å². The molecule has 6 rings (SSSR count). The predicted octanol–water partition coefficient (Wildman–Crippen LogP) is 10.2. The zero-order valence-electron chi connectivity index (χ0n) is 23.3. The molecule has 0 fully saturated rings. The number of carbonyl (C=O) groups excluding carboxylic acids is 2. The van der Waals surface area contributed by atoms with E-state index in [1.165, 1.54) is 12.3 Å². The summed E-state index contributed by atoms with van der Waals surface area (Å²) in [6.07, 6.45) is -3.37. The molecule has 1 heterocycles. The van der Waals surface area contributed by atoms with Gasteiger partial charge in [-0.25, -0.2) is 10.2 Å². The van der Waals surface area contributed by atoms with E-state index in [2.05, 4.69) is 47.4 Å². The molecule has 0 saturated carbocycles. The molecule has 0 atom stereocenters. The average molecular weight is 770 g/mol. The van der Waals surface area contributed by atoms with Gasteiger partial charge < -0.3 is 9.72 Å². The average Bonchev–Trinajstić information content (AvgIpc) is 3.42. The Kier molecular flexibility index (Phi) is 8.73. The van der Waals surface area contributed by atoms with Crippen LogP contribution in [0.3, 0.4) is 0 Å². The molecule has 2 N–H and O–H groups in total. The lowest BCUT2D eigenvalue weighted by atomic mass is 9.99. The molecule has 0 aliphatic rings. The summed E-state index contributed by atoms with van der Waals surface area (Å²) in [5, 5.41) is 7.27. The van der Waals surface area contributed by atoms with Crippen LogP contribution in [-0.4, -0.2) is 23.1 Å². The maximum atomic E-state index is 13.6. The van der Waals surface area contributed by atoms with Crippen molar-refractivity contribution in [2.24, 2.45) is 5.10 Å². The number of halogens is 6. The van der Waals surface area contributed by atoms with Crippen molar-refractivity contribution in [3.05, 3.63) is 133 Å². The molecule has 0 spiro atoms. The van der Waals surface area contributed by atoms with Crippen LogP contribution in [0.5, 0.6) is 5.75 Å². The summed E-state index contributed by atoms with van der Waals surface area (Å²) in [4.78, 5) is 29.8. The van der Waals surface area contributed by atoms with Gasteiger partial charge in [0.1, 0.15) is 5.69 Å². The Morgan fingerprint density at radius 3 is 2.43 bits per heavy atom. The lowest BCUT2D eigenvalue weighted by Crippen LogP contribution is -2.19. The van der Waals surface area contributed by atoms with Gasteiger partial charge in [-0.1, -0.05) is 88.2 Å². The Bertz CT molecular complexity index is 2200. The topological polar surface area (TPSA) is 83.5 Å². The van der Waals surface area contributed by atoms with Crippen LogP contribution in [-0.2, 0) is 6.18 Å². The summed E-state index contributed by atoms with van der Waals surface area (Å²) in [5.74, 6) is -1.59. The third-order valence-corrected chi connectivity index (χ3v) is 8.47. The number of benzene rings is 5. The number of nitrogens with zero attached hydrogens (tertiary/aromatic N) is 1. The first-order chi connectivity index (χ1) is 22.0. The molecule has 1 aromatic heterocycles. The van der Waals surface area contributed by atoms with E-state index in [9.17, 15) is 22.8 Å². The molecule has 6 nitrogen and oxygen atoms in total. The Morgan fingerprint density at radius 2 is 1.65 bits per heavy atom. The van der Waals surface area contributed by atoms with E-state index in [1.54, 1.807) is 24.3 Å². The molecule has 0 saturated heterocycles. The first-order valence-electron chi connectivity index (χ1n) is 13.5. The van der Waals surface area contributed by atoms with Crippen LogP contribution in [0, 0.1) is 0 Å². The molecule has 230 valence electrons. The summed E-state index contributed by atoms with van der Waals surface area (Å²) in [6.45, 7) is 0. The van der Waals surface area contributed by atoms with Gasteiger partial charge in [0.25, 0.3) is 5.91 Å². The summed E-state index contributed by atoms with van der Waals surface area (Å²) >= 11 is 13.3. The number of hydrazone groups is 1. The first-order valence-corrected chi connectivity index (χ1v) is 15.5. The number of fused-ring (bicyclic) bond motifs is 3. The van der Waals surface area contributed by atoms with Gasteiger partial charge in [0.15, 0.2) is 5.75 Å². The first kappa shape index (κ1) is 31.5. The number of amides is 1. The number of hydrogen-bond acceptors (Lipinski definition) is 4. The zero-order valence-corrected chi connectivity index (χ0v) is 27.2. The number of ether oxygens (including phenoxy) is 1. The number of carbonyl (C=O) groups is 2. The number of esters is 1. The van der Waals surface area contributed by atoms with Crippen LogP contribution in [0.15, 0.2) is 111 Å². The molecule has 0 unspecified atom stereocenters. The maximum absolute atomic E-state index is 13.6. The van der Waals surface area contributed by atoms with Crippen LogP contribution in [0.4, 0.5) is 13.2 Å². The van der Waals surface area contributed by atoms with E-state index in [0.29, 0.717) is 31.2 Å². The Balaban J connectivity index is 1.33. The molecule has 0 bridgehead atoms. The van der Waals surface area contributed by atoms with E-state index in [0.717, 1.165) is 33.8 Å². The largest absolute Gasteiger partial charge is 0.421 e. The lowest BCUT2D eigenvalue weighted by Gasteiger charge is -2.12. The highest BCUT2D eigenvalue weighted by atomic mass is 79.9. The molecule has 12 heteroatoms. The molecule has 1 amide bonds. The second-order valence-electron chi connectivity index (χ2n) is 10.0. The summed E-state index contributed by atoms with van der Waals surface area (Å²) in [5.41, 5.74) is 3.72. The van der Waals surface area contributed by atoms with E-state index in [4.69, 9.17) is 16.3 Å². The highest BCUT2D eigenvalue weighted by Crippen LogP contribution is 2.39. The molecular weight excluding hydrogens is 751 g/mol. The van der Waals surface area contributed by atoms with Gasteiger partial charge in [0.05, 0.1) is 27.3 Å². The lowest BCUT2D eigenvalue weighted by molar-refractivity contribution is -0.137. The number of aromatic nitrogens is 1. The minimum absolute atomic E-state index is 0.0163. The predicted molar refractivity (Wildman–Crippen MR) is 180 cm³/mol. The normalized spacial score (nSPS) is 11.8. The SMILES string of the molecule is O=C(Oc1c(Br)cc(Br)cc1C=NNC(=O)c1[nH]c2c(ccc3ccccc32)c1-c1ccccc1Cl)c1cccc(C(F)(F)F)c1. The van der Waals surface area contributed by atoms with Crippen molar-refractivity contribution in [3.8, 4) is 16.9 Å². The molecular formula is C34H19Br2ClF3N3O3. The second-order valence-corrected chi connectivity index (χ2v) is 12.2. The van der Waals surface area contributed by atoms with Crippen LogP contribution in [0.1, 0.15) is 32.0 Å². The van der Waals surface area contributed by atoms with Crippen molar-refractivity contribution in [3.63, 3.8) is 0 Å². The van der Waals surface area contributed by atoms with Crippen molar-refractivity contribution >= 4 is 83.2 Å². The zero-order chi connectivity index (χ0) is 32.6. The van der Waals surface area contributed by atoms with Crippen molar-refractivity contribution in [1.82, 2.24) is 10.4 Å². The number of nitrogens with one attached hydrogen (secondary N) is 2. The molecule has 46 heavy (non-hydrogen) atoms. The van der Waals surface area contributed by atoms with E-state index in [1.807, 2.05) is 48.5 Å². The third kappa shape index (κ3) is 6.31. The summed E-state index contributed by atoms with van der Waals surface area (Å²) in [7, 11) is 0. The number of rotatable bonds is 6. The molecule has 5 aromatic carbocycles. The standard InChI is InChI=1S/C34H19Br2ClF3N3O3/c35-22-15-20(31(26(36)16-22)46-33(45)19-7-5-8-21(14-19)34(38,39)40)17-41-43-32(44)30-28(24-10-3-4-11-27(24)37)25-13-12-18-6-1-2-9-23(18)29(25)42-30/h1-17,42H,(H,43,44). The van der Waals surface area contributed by atoms with Gasteiger partial charge in [0.2, 0.25) is 0 Å². The molecule has 0 radical (unpaired) electrons. The molecule has 6 aromatic rings. The Hall–Kier alpha value is -4.45. The number of aromatic amines is 1. The van der Waals surface area contributed by atoms with Gasteiger partial charge in [-0.2, -0.15) is 18.3 Å². The fraction of sp³-hybridized carbons (Fsp3) is 0.0294. The third-order valence-electron chi connectivity index (χ3n) is 7.10. The molecule has 0 aliphatic heterocycles. The van der Waals surface area contributed by atoms with Gasteiger partial charge in [-0.15, -0.1) is 0 Å². The van der Waals surface area contributed by atoms with Gasteiger partial charge >= 0.3 is 12.1 Å². The summed E-state index contributed by atoms with van der Waals surface area (Å²) in [6, 6.07) is 25.9. The highest BCUT2D eigenvalue weighted by Gasteiger charge is 2.31. The number of H-pyrrole nitrogens is 1. The van der Waals surface area contributed by atoms with Crippen LogP contribution in [0.2, 0.25) is 5.02 Å². The van der Waals surface area contributed by atoms with Crippen molar-refractivity contribution in [2.45, 2.75) is 6.18 Å². The van der Waals surface area contributed by atoms with E-state index in [-0.39, 0.29) is 22.6 Å². The fourth-order valence-electron chi connectivity index (χ4n) is 5.03. The Morgan fingerprint density at radius 1 is 0.891 bits per heavy atom. The monoisotopic (exact) mass is 767 g/mol. The van der Waals surface area contributed by atoms with E-state index < -0.39 is 23.6 Å². The number of hydrogen-bond donors (Lipinski definition) is 2. The minimum atomic E-state index is -4.63. The van der Waals surface area contributed by atoms with Gasteiger partial charge in [-0.05, 0) is 57.7 Å². The fourth-order valence-corrected chi connectivity index (χ4v) is 6.59. The molecule has 0 aliphatic carbocycles. The second kappa shape index (κ2) is 12.7. The number of alkyl halides is 3. The van der Waals surface area contributed by atoms with Gasteiger partial charge in [-0.3, -0.25) is 4.79 Å². The highest BCUT2D eigenvalue weighted by molar-refractivity contribution is 9.11. The van der Waals surface area contributed by atoms with Crippen molar-refractivity contribution in [1.29, 1.82) is 0 Å². The van der Waals surface area contributed by atoms with E-state index >= 15 is 0 Å².